The van der Waals surface area contributed by atoms with Crippen molar-refractivity contribution in [3.8, 4) is 22.6 Å². The first-order chi connectivity index (χ1) is 18.0. The number of aliphatic carboxylic acids is 1. The molecule has 0 unspecified atom stereocenters. The van der Waals surface area contributed by atoms with Crippen LogP contribution < -0.4 is 9.47 Å². The van der Waals surface area contributed by atoms with Crippen LogP contribution in [-0.4, -0.2) is 23.3 Å². The van der Waals surface area contributed by atoms with Crippen LogP contribution >= 0.6 is 0 Å². The molecule has 2 N–H and O–H groups in total. The third-order valence-electron chi connectivity index (χ3n) is 7.17. The number of aliphatic hydroxyl groups is 1. The zero-order valence-corrected chi connectivity index (χ0v) is 22.5. The van der Waals surface area contributed by atoms with E-state index in [0.29, 0.717) is 34.1 Å². The van der Waals surface area contributed by atoms with Crippen molar-refractivity contribution in [1.29, 1.82) is 0 Å². The molecule has 2 atom stereocenters. The zero-order valence-electron chi connectivity index (χ0n) is 22.5. The molecule has 3 aromatic carbocycles. The minimum atomic E-state index is -0.842. The van der Waals surface area contributed by atoms with Gasteiger partial charge in [0.2, 0.25) is 0 Å². The Balaban J connectivity index is 1.60. The zero-order chi connectivity index (χ0) is 27.4. The first kappa shape index (κ1) is 27.6. The van der Waals surface area contributed by atoms with Gasteiger partial charge in [-0.2, -0.15) is 0 Å². The Labute approximate surface area is 224 Å². The molecular formula is C32H37FO5. The average Bonchev–Trinajstić information content (AvgIpc) is 3.70. The molecule has 1 saturated carbocycles. The number of benzene rings is 3. The lowest BCUT2D eigenvalue weighted by Crippen LogP contribution is -2.19. The maximum atomic E-state index is 14.9. The molecule has 5 nitrogen and oxygen atoms in total. The Kier molecular flexibility index (Phi) is 8.41. The Morgan fingerprint density at radius 1 is 1.03 bits per heavy atom. The van der Waals surface area contributed by atoms with Crippen LogP contribution in [0.5, 0.6) is 11.5 Å². The van der Waals surface area contributed by atoms with Crippen LogP contribution in [0.4, 0.5) is 4.39 Å². The number of aliphatic hydroxyl groups excluding tert-OH is 1. The average molecular weight is 521 g/mol. The maximum Gasteiger partial charge on any atom is 0.303 e. The second-order valence-electron chi connectivity index (χ2n) is 11.4. The summed E-state index contributed by atoms with van der Waals surface area (Å²) in [7, 11) is 1.53. The number of ether oxygens (including phenoxy) is 2. The molecule has 0 saturated heterocycles. The molecule has 38 heavy (non-hydrogen) atoms. The van der Waals surface area contributed by atoms with Gasteiger partial charge >= 0.3 is 5.97 Å². The second kappa shape index (κ2) is 11.6. The van der Waals surface area contributed by atoms with Gasteiger partial charge in [0.15, 0.2) is 0 Å². The van der Waals surface area contributed by atoms with E-state index in [1.54, 1.807) is 12.1 Å². The van der Waals surface area contributed by atoms with Gasteiger partial charge in [-0.15, -0.1) is 0 Å². The number of carbonyl (C=O) groups is 1. The van der Waals surface area contributed by atoms with Gasteiger partial charge < -0.3 is 19.7 Å². The molecule has 1 aliphatic carbocycles. The quantitative estimate of drug-likeness (QED) is 0.273. The summed E-state index contributed by atoms with van der Waals surface area (Å²) in [6, 6.07) is 17.8. The van der Waals surface area contributed by atoms with Crippen LogP contribution in [0.1, 0.15) is 75.2 Å². The third kappa shape index (κ3) is 6.93. The molecule has 0 aliphatic heterocycles. The fraction of sp³-hybridized carbons (Fsp3) is 0.406. The number of methoxy groups -OCH3 is 1. The molecule has 0 bridgehead atoms. The van der Waals surface area contributed by atoms with Crippen LogP contribution in [-0.2, 0) is 11.4 Å². The molecule has 202 valence electrons. The van der Waals surface area contributed by atoms with Gasteiger partial charge in [-0.1, -0.05) is 57.9 Å². The van der Waals surface area contributed by atoms with Crippen molar-refractivity contribution in [3.05, 3.63) is 83.2 Å². The van der Waals surface area contributed by atoms with Gasteiger partial charge in [-0.05, 0) is 82.3 Å². The van der Waals surface area contributed by atoms with Crippen LogP contribution in [0.15, 0.2) is 60.7 Å². The topological polar surface area (TPSA) is 76.0 Å². The number of hydrogen-bond donors (Lipinski definition) is 2. The van der Waals surface area contributed by atoms with E-state index in [1.807, 2.05) is 63.2 Å². The van der Waals surface area contributed by atoms with E-state index in [4.69, 9.17) is 9.47 Å². The van der Waals surface area contributed by atoms with E-state index < -0.39 is 23.3 Å². The monoisotopic (exact) mass is 520 g/mol. The summed E-state index contributed by atoms with van der Waals surface area (Å²) in [5.74, 6) is 0.594. The summed E-state index contributed by atoms with van der Waals surface area (Å²) in [5, 5.41) is 20.6. The van der Waals surface area contributed by atoms with Gasteiger partial charge in [0, 0.05) is 5.56 Å². The molecule has 3 aromatic rings. The Bertz CT molecular complexity index is 1280. The fourth-order valence-electron chi connectivity index (χ4n) is 4.81. The van der Waals surface area contributed by atoms with Gasteiger partial charge in [-0.25, -0.2) is 4.39 Å². The van der Waals surface area contributed by atoms with E-state index >= 15 is 0 Å². The minimum absolute atomic E-state index is 0.0332. The summed E-state index contributed by atoms with van der Waals surface area (Å²) in [4.78, 5) is 11.4. The molecule has 0 radical (unpaired) electrons. The predicted molar refractivity (Wildman–Crippen MR) is 146 cm³/mol. The van der Waals surface area contributed by atoms with Crippen molar-refractivity contribution in [3.63, 3.8) is 0 Å². The van der Waals surface area contributed by atoms with E-state index in [2.05, 4.69) is 0 Å². The number of hydrogen-bond acceptors (Lipinski definition) is 4. The van der Waals surface area contributed by atoms with Crippen molar-refractivity contribution >= 4 is 5.97 Å². The van der Waals surface area contributed by atoms with E-state index in [1.165, 1.54) is 26.0 Å². The highest BCUT2D eigenvalue weighted by Crippen LogP contribution is 2.42. The summed E-state index contributed by atoms with van der Waals surface area (Å²) in [6.45, 7) is 6.06. The highest BCUT2D eigenvalue weighted by Gasteiger charge is 2.29. The van der Waals surface area contributed by atoms with Crippen molar-refractivity contribution < 1.29 is 28.9 Å². The smallest absolute Gasteiger partial charge is 0.303 e. The number of rotatable bonds is 11. The highest BCUT2D eigenvalue weighted by atomic mass is 19.1. The first-order valence-electron chi connectivity index (χ1n) is 13.1. The molecular weight excluding hydrogens is 483 g/mol. The van der Waals surface area contributed by atoms with Crippen molar-refractivity contribution in [2.75, 3.05) is 7.11 Å². The Morgan fingerprint density at radius 3 is 2.45 bits per heavy atom. The fourth-order valence-corrected chi connectivity index (χ4v) is 4.81. The van der Waals surface area contributed by atoms with Crippen LogP contribution in [0, 0.1) is 17.2 Å². The van der Waals surface area contributed by atoms with Crippen molar-refractivity contribution in [1.82, 2.24) is 0 Å². The number of halogens is 1. The van der Waals surface area contributed by atoms with Crippen molar-refractivity contribution in [2.24, 2.45) is 11.3 Å². The Hall–Kier alpha value is -3.38. The molecule has 0 spiro atoms. The van der Waals surface area contributed by atoms with Crippen molar-refractivity contribution in [2.45, 2.75) is 65.1 Å². The largest absolute Gasteiger partial charge is 0.497 e. The molecule has 0 aromatic heterocycles. The number of carboxylic acid groups (broad SMARTS) is 1. The van der Waals surface area contributed by atoms with E-state index in [9.17, 15) is 19.4 Å². The van der Waals surface area contributed by atoms with Crippen LogP contribution in [0.2, 0.25) is 0 Å². The van der Waals surface area contributed by atoms with Gasteiger partial charge in [0.25, 0.3) is 0 Å². The van der Waals surface area contributed by atoms with Gasteiger partial charge in [0.05, 0.1) is 19.6 Å². The van der Waals surface area contributed by atoms with Gasteiger partial charge in [-0.3, -0.25) is 4.79 Å². The van der Waals surface area contributed by atoms with E-state index in [0.717, 1.165) is 17.5 Å². The highest BCUT2D eigenvalue weighted by molar-refractivity contribution is 5.70. The summed E-state index contributed by atoms with van der Waals surface area (Å²) in [5.41, 5.74) is 2.92. The summed E-state index contributed by atoms with van der Waals surface area (Å²) >= 11 is 0. The first-order valence-corrected chi connectivity index (χ1v) is 13.1. The lowest BCUT2D eigenvalue weighted by molar-refractivity contribution is -0.137. The summed E-state index contributed by atoms with van der Waals surface area (Å²) < 4.78 is 26.3. The molecule has 1 aliphatic rings. The van der Waals surface area contributed by atoms with Gasteiger partial charge in [0.1, 0.15) is 23.9 Å². The lowest BCUT2D eigenvalue weighted by Gasteiger charge is -2.28. The molecule has 1 fully saturated rings. The third-order valence-corrected chi connectivity index (χ3v) is 7.17. The second-order valence-corrected chi connectivity index (χ2v) is 11.4. The Morgan fingerprint density at radius 2 is 1.79 bits per heavy atom. The van der Waals surface area contributed by atoms with E-state index in [-0.39, 0.29) is 18.9 Å². The lowest BCUT2D eigenvalue weighted by atomic mass is 9.81. The normalized spacial score (nSPS) is 15.1. The minimum Gasteiger partial charge on any atom is -0.497 e. The SMILES string of the molecule is COc1ccc(F)c(-c2ccc(COc3cccc([C@@H](CC(=O)O)CC4CC4)c3)cc2[C@H](O)C(C)(C)C)c1. The molecule has 0 heterocycles. The number of carboxylic acids is 1. The predicted octanol–water partition coefficient (Wildman–Crippen LogP) is 7.52. The van der Waals surface area contributed by atoms with Crippen LogP contribution in [0.25, 0.3) is 11.1 Å². The standard InChI is InChI=1S/C32H37FO5/c1-32(2,3)31(36)28-15-21(10-12-26(28)27-18-24(37-4)11-13-29(27)33)19-38-25-7-5-6-22(16-25)23(17-30(34)35)14-20-8-9-20/h5-7,10-13,15-16,18,20,23,31,36H,8-9,14,17,19H2,1-4H3,(H,34,35)/t23-,31+/m1/s1. The molecule has 6 heteroatoms. The van der Waals surface area contributed by atoms with Crippen LogP contribution in [0.3, 0.4) is 0 Å². The molecule has 4 rings (SSSR count). The summed E-state index contributed by atoms with van der Waals surface area (Å²) in [6.07, 6.45) is 2.49. The maximum absolute atomic E-state index is 14.9. The molecule has 0 amide bonds.